The Bertz CT molecular complexity index is 556. The Morgan fingerprint density at radius 1 is 1.25 bits per heavy atom. The van der Waals surface area contributed by atoms with E-state index in [0.29, 0.717) is 17.9 Å². The van der Waals surface area contributed by atoms with Crippen molar-refractivity contribution in [2.75, 3.05) is 31.3 Å². The lowest BCUT2D eigenvalue weighted by Crippen LogP contribution is -2.31. The lowest BCUT2D eigenvalue weighted by Gasteiger charge is -2.24. The summed E-state index contributed by atoms with van der Waals surface area (Å²) < 4.78 is 34.7. The van der Waals surface area contributed by atoms with Crippen molar-refractivity contribution in [3.8, 4) is 5.75 Å². The van der Waals surface area contributed by atoms with Crippen LogP contribution in [0.3, 0.4) is 0 Å². The largest absolute Gasteiger partial charge is 0.495 e. The van der Waals surface area contributed by atoms with Gasteiger partial charge in [0.15, 0.2) is 0 Å². The van der Waals surface area contributed by atoms with E-state index < -0.39 is 10.0 Å². The molecule has 6 nitrogen and oxygen atoms in total. The summed E-state index contributed by atoms with van der Waals surface area (Å²) >= 11 is 0. The molecule has 0 aromatic heterocycles. The van der Waals surface area contributed by atoms with E-state index in [0.717, 1.165) is 6.26 Å². The van der Waals surface area contributed by atoms with Crippen molar-refractivity contribution in [3.05, 3.63) is 24.3 Å². The molecule has 0 saturated heterocycles. The number of rotatable bonds is 7. The molecular weight excluding hydrogens is 282 g/mol. The molecule has 0 saturated carbocycles. The molecule has 112 valence electrons. The zero-order valence-corrected chi connectivity index (χ0v) is 12.6. The molecule has 1 aromatic carbocycles. The first-order valence-electron chi connectivity index (χ1n) is 6.07. The molecule has 1 rings (SSSR count). The standard InChI is InChI=1S/C13H19NO5S/c1-18-12-8-5-4-7-11(12)14(20(3,16)17)10-6-9-13(15)19-2/h4-5,7-8H,6,9-10H2,1-3H3. The van der Waals surface area contributed by atoms with Gasteiger partial charge in [-0.1, -0.05) is 12.1 Å². The van der Waals surface area contributed by atoms with Crippen molar-refractivity contribution in [1.82, 2.24) is 0 Å². The second-order valence-electron chi connectivity index (χ2n) is 4.19. The monoisotopic (exact) mass is 301 g/mol. The molecular formula is C13H19NO5S. The van der Waals surface area contributed by atoms with E-state index in [-0.39, 0.29) is 18.9 Å². The van der Waals surface area contributed by atoms with E-state index in [4.69, 9.17) is 4.74 Å². The molecule has 0 unspecified atom stereocenters. The van der Waals surface area contributed by atoms with Crippen molar-refractivity contribution >= 4 is 21.7 Å². The molecule has 0 spiro atoms. The average molecular weight is 301 g/mol. The van der Waals surface area contributed by atoms with Crippen LogP contribution in [0.15, 0.2) is 24.3 Å². The maximum Gasteiger partial charge on any atom is 0.305 e. The topological polar surface area (TPSA) is 72.9 Å². The Labute approximate surface area is 119 Å². The smallest absolute Gasteiger partial charge is 0.305 e. The van der Waals surface area contributed by atoms with E-state index in [9.17, 15) is 13.2 Å². The Balaban J connectivity index is 2.93. The number of sulfonamides is 1. The van der Waals surface area contributed by atoms with Crippen LogP contribution in [-0.4, -0.2) is 41.4 Å². The summed E-state index contributed by atoms with van der Waals surface area (Å²) in [7, 11) is -0.672. The number of hydrogen-bond donors (Lipinski definition) is 0. The summed E-state index contributed by atoms with van der Waals surface area (Å²) in [6.07, 6.45) is 1.66. The van der Waals surface area contributed by atoms with Gasteiger partial charge in [0.25, 0.3) is 0 Å². The van der Waals surface area contributed by atoms with Crippen molar-refractivity contribution in [2.24, 2.45) is 0 Å². The van der Waals surface area contributed by atoms with Crippen molar-refractivity contribution < 1.29 is 22.7 Å². The Morgan fingerprint density at radius 2 is 1.90 bits per heavy atom. The molecule has 0 N–H and O–H groups in total. The molecule has 0 amide bonds. The molecule has 0 atom stereocenters. The number of anilines is 1. The first-order valence-corrected chi connectivity index (χ1v) is 7.92. The fourth-order valence-electron chi connectivity index (χ4n) is 1.77. The Kier molecular flexibility index (Phi) is 5.82. The second-order valence-corrected chi connectivity index (χ2v) is 6.09. The average Bonchev–Trinajstić information content (AvgIpc) is 2.42. The summed E-state index contributed by atoms with van der Waals surface area (Å²) in [4.78, 5) is 11.1. The number of ether oxygens (including phenoxy) is 2. The van der Waals surface area contributed by atoms with Crippen LogP contribution in [0.2, 0.25) is 0 Å². The molecule has 0 aliphatic rings. The number of benzene rings is 1. The first-order chi connectivity index (χ1) is 9.40. The minimum absolute atomic E-state index is 0.164. The highest BCUT2D eigenvalue weighted by atomic mass is 32.2. The molecule has 0 fully saturated rings. The van der Waals surface area contributed by atoms with Crippen LogP contribution in [-0.2, 0) is 19.6 Å². The maximum absolute atomic E-state index is 11.9. The van der Waals surface area contributed by atoms with Gasteiger partial charge in [-0.25, -0.2) is 8.42 Å². The minimum Gasteiger partial charge on any atom is -0.495 e. The third kappa shape index (κ3) is 4.41. The van der Waals surface area contributed by atoms with Gasteiger partial charge in [0.2, 0.25) is 10.0 Å². The van der Waals surface area contributed by atoms with Gasteiger partial charge in [0.05, 0.1) is 26.2 Å². The van der Waals surface area contributed by atoms with Gasteiger partial charge in [0.1, 0.15) is 5.75 Å². The van der Waals surface area contributed by atoms with Crippen LogP contribution in [0.4, 0.5) is 5.69 Å². The van der Waals surface area contributed by atoms with Gasteiger partial charge < -0.3 is 9.47 Å². The number of hydrogen-bond acceptors (Lipinski definition) is 5. The second kappa shape index (κ2) is 7.14. The van der Waals surface area contributed by atoms with Crippen LogP contribution < -0.4 is 9.04 Å². The number of methoxy groups -OCH3 is 2. The van der Waals surface area contributed by atoms with Crippen molar-refractivity contribution in [1.29, 1.82) is 0 Å². The number of carbonyl (C=O) groups excluding carboxylic acids is 1. The van der Waals surface area contributed by atoms with Crippen LogP contribution in [0.5, 0.6) is 5.75 Å². The molecule has 7 heteroatoms. The summed E-state index contributed by atoms with van der Waals surface area (Å²) in [5.41, 5.74) is 0.461. The van der Waals surface area contributed by atoms with Crippen molar-refractivity contribution in [2.45, 2.75) is 12.8 Å². The molecule has 20 heavy (non-hydrogen) atoms. The molecule has 1 aromatic rings. The van der Waals surface area contributed by atoms with E-state index >= 15 is 0 Å². The summed E-state index contributed by atoms with van der Waals surface area (Å²) in [6.45, 7) is 0.189. The highest BCUT2D eigenvalue weighted by molar-refractivity contribution is 7.92. The minimum atomic E-state index is -3.45. The van der Waals surface area contributed by atoms with Gasteiger partial charge in [-0.2, -0.15) is 0 Å². The summed E-state index contributed by atoms with van der Waals surface area (Å²) in [5.74, 6) is 0.106. The maximum atomic E-state index is 11.9. The zero-order chi connectivity index (χ0) is 15.2. The highest BCUT2D eigenvalue weighted by Gasteiger charge is 2.20. The number of esters is 1. The van der Waals surface area contributed by atoms with E-state index in [1.807, 2.05) is 0 Å². The molecule has 0 bridgehead atoms. The predicted octanol–water partition coefficient (Wildman–Crippen LogP) is 1.41. The third-order valence-electron chi connectivity index (χ3n) is 2.72. The fourth-order valence-corrected chi connectivity index (χ4v) is 2.74. The summed E-state index contributed by atoms with van der Waals surface area (Å²) in [6, 6.07) is 6.85. The number of para-hydroxylation sites is 2. The van der Waals surface area contributed by atoms with Crippen LogP contribution >= 0.6 is 0 Å². The van der Waals surface area contributed by atoms with Gasteiger partial charge in [-0.3, -0.25) is 9.10 Å². The molecule has 0 aliphatic carbocycles. The first kappa shape index (κ1) is 16.3. The Morgan fingerprint density at radius 3 is 2.45 bits per heavy atom. The van der Waals surface area contributed by atoms with Crippen molar-refractivity contribution in [3.63, 3.8) is 0 Å². The third-order valence-corrected chi connectivity index (χ3v) is 3.90. The Hall–Kier alpha value is -1.76. The highest BCUT2D eigenvalue weighted by Crippen LogP contribution is 2.29. The molecule has 0 aliphatic heterocycles. The quantitative estimate of drug-likeness (QED) is 0.712. The number of carbonyl (C=O) groups is 1. The van der Waals surface area contributed by atoms with Crippen LogP contribution in [0.1, 0.15) is 12.8 Å². The van der Waals surface area contributed by atoms with Crippen LogP contribution in [0, 0.1) is 0 Å². The van der Waals surface area contributed by atoms with Crippen LogP contribution in [0.25, 0.3) is 0 Å². The normalized spacial score (nSPS) is 10.9. The summed E-state index contributed by atoms with van der Waals surface area (Å²) in [5, 5.41) is 0. The van der Waals surface area contributed by atoms with Gasteiger partial charge in [-0.15, -0.1) is 0 Å². The van der Waals surface area contributed by atoms with Gasteiger partial charge in [0, 0.05) is 13.0 Å². The number of nitrogens with zero attached hydrogens (tertiary/aromatic N) is 1. The van der Waals surface area contributed by atoms with E-state index in [1.54, 1.807) is 24.3 Å². The van der Waals surface area contributed by atoms with Gasteiger partial charge >= 0.3 is 5.97 Å². The SMILES string of the molecule is COC(=O)CCCN(c1ccccc1OC)S(C)(=O)=O. The molecule has 0 radical (unpaired) electrons. The molecule has 0 heterocycles. The fraction of sp³-hybridized carbons (Fsp3) is 0.462. The van der Waals surface area contributed by atoms with E-state index in [2.05, 4.69) is 4.74 Å². The van der Waals surface area contributed by atoms with Gasteiger partial charge in [-0.05, 0) is 18.6 Å². The predicted molar refractivity (Wildman–Crippen MR) is 76.4 cm³/mol. The lowest BCUT2D eigenvalue weighted by molar-refractivity contribution is -0.140. The lowest BCUT2D eigenvalue weighted by atomic mass is 10.2. The van der Waals surface area contributed by atoms with E-state index in [1.165, 1.54) is 18.5 Å². The zero-order valence-electron chi connectivity index (χ0n) is 11.8.